The molecule has 2 aromatic carbocycles. The fourth-order valence-electron chi connectivity index (χ4n) is 4.30. The molecule has 0 aromatic heterocycles. The molecule has 4 rings (SSSR count). The van der Waals surface area contributed by atoms with E-state index in [1.54, 1.807) is 0 Å². The van der Waals surface area contributed by atoms with E-state index in [-0.39, 0.29) is 12.0 Å². The summed E-state index contributed by atoms with van der Waals surface area (Å²) >= 11 is 0. The van der Waals surface area contributed by atoms with Crippen LogP contribution in [0.4, 0.5) is 5.69 Å². The van der Waals surface area contributed by atoms with Gasteiger partial charge in [-0.2, -0.15) is 0 Å². The van der Waals surface area contributed by atoms with Gasteiger partial charge in [-0.25, -0.2) is 0 Å². The van der Waals surface area contributed by atoms with Gasteiger partial charge in [-0.15, -0.1) is 0 Å². The molecule has 1 saturated heterocycles. The average Bonchev–Trinajstić information content (AvgIpc) is 3.57. The lowest BCUT2D eigenvalue weighted by molar-refractivity contribution is 0.322. The second-order valence-corrected chi connectivity index (χ2v) is 8.45. The molecule has 1 heterocycles. The monoisotopic (exact) mass is 385 g/mol. The molecule has 1 saturated carbocycles. The molecular weight excluding hydrogens is 354 g/mol. The maximum Gasteiger partial charge on any atom is 0.0983 e. The summed E-state index contributed by atoms with van der Waals surface area (Å²) in [7, 11) is 6.17. The molecule has 2 fully saturated rings. The lowest BCUT2D eigenvalue weighted by Crippen LogP contribution is -2.42. The summed E-state index contributed by atoms with van der Waals surface area (Å²) in [6.07, 6.45) is 4.56. The molecule has 29 heavy (non-hydrogen) atoms. The Balaban J connectivity index is 1.76. The van der Waals surface area contributed by atoms with Crippen LogP contribution < -0.4 is 10.2 Å². The quantitative estimate of drug-likeness (QED) is 0.721. The normalized spacial score (nSPS) is 21.7. The Bertz CT molecular complexity index is 950. The maximum atomic E-state index is 4.44. The molecule has 0 bridgehead atoms. The van der Waals surface area contributed by atoms with E-state index >= 15 is 0 Å². The van der Waals surface area contributed by atoms with Gasteiger partial charge < -0.3 is 15.1 Å². The second-order valence-electron chi connectivity index (χ2n) is 8.45. The van der Waals surface area contributed by atoms with Crippen LogP contribution in [0.15, 0.2) is 73.7 Å². The van der Waals surface area contributed by atoms with E-state index in [0.717, 1.165) is 28.7 Å². The van der Waals surface area contributed by atoms with Crippen LogP contribution in [0.1, 0.15) is 53.0 Å². The Hall–Kier alpha value is -2.94. The van der Waals surface area contributed by atoms with Gasteiger partial charge in [0.1, 0.15) is 0 Å². The van der Waals surface area contributed by atoms with Crippen molar-refractivity contribution in [2.45, 2.75) is 30.7 Å². The van der Waals surface area contributed by atoms with Crippen molar-refractivity contribution in [2.75, 3.05) is 26.0 Å². The van der Waals surface area contributed by atoms with E-state index < -0.39 is 0 Å². The number of hydrogen-bond donors (Lipinski definition) is 1. The van der Waals surface area contributed by atoms with Crippen LogP contribution >= 0.6 is 0 Å². The number of rotatable bonds is 5. The molecule has 1 N–H and O–H groups in total. The molecule has 1 aliphatic carbocycles. The van der Waals surface area contributed by atoms with E-state index in [9.17, 15) is 0 Å². The van der Waals surface area contributed by atoms with Crippen LogP contribution in [-0.4, -0.2) is 26.0 Å². The van der Waals surface area contributed by atoms with E-state index in [4.69, 9.17) is 0 Å². The fraction of sp³-hybridized carbons (Fsp3) is 0.308. The van der Waals surface area contributed by atoms with E-state index in [1.807, 2.05) is 13.1 Å². The molecule has 0 radical (unpaired) electrons. The van der Waals surface area contributed by atoms with Crippen molar-refractivity contribution in [1.82, 2.24) is 10.2 Å². The molecule has 150 valence electrons. The largest absolute Gasteiger partial charge is 0.377 e. The molecule has 1 aliphatic heterocycles. The maximum absolute atomic E-state index is 4.44. The highest BCUT2D eigenvalue weighted by Crippen LogP contribution is 2.45. The number of hydrogen-bond acceptors (Lipinski definition) is 3. The highest BCUT2D eigenvalue weighted by atomic mass is 15.3. The standard InChI is InChI=1S/C26H31N3/c1-7-19-8-15-23(16-24(19)28(4)5)26-25(17(2)29(6)18(3)27-26)22-13-11-21(12-14-22)20-9-10-20/h7-8,11-16,20,25-27H,1-3,9-10H2,4-6H3. The number of likely N-dealkylation sites (N-methyl/N-ethyl adjacent to an activating group) is 1. The summed E-state index contributed by atoms with van der Waals surface area (Å²) in [5.74, 6) is 1.79. The Labute approximate surface area is 175 Å². The van der Waals surface area contributed by atoms with Gasteiger partial charge in [0.05, 0.1) is 11.9 Å². The number of benzene rings is 2. The predicted octanol–water partition coefficient (Wildman–Crippen LogP) is 5.62. The highest BCUT2D eigenvalue weighted by Gasteiger charge is 2.35. The molecule has 2 atom stereocenters. The summed E-state index contributed by atoms with van der Waals surface area (Å²) in [6.45, 7) is 12.6. The first-order valence-corrected chi connectivity index (χ1v) is 10.3. The van der Waals surface area contributed by atoms with Gasteiger partial charge in [0.25, 0.3) is 0 Å². The Morgan fingerprint density at radius 3 is 2.21 bits per heavy atom. The first kappa shape index (κ1) is 19.4. The molecule has 3 heteroatoms. The highest BCUT2D eigenvalue weighted by molar-refractivity contribution is 5.67. The topological polar surface area (TPSA) is 18.5 Å². The zero-order chi connectivity index (χ0) is 20.7. The third-order valence-electron chi connectivity index (χ3n) is 6.31. The van der Waals surface area contributed by atoms with Crippen molar-refractivity contribution >= 4 is 11.8 Å². The summed E-state index contributed by atoms with van der Waals surface area (Å²) in [4.78, 5) is 4.21. The minimum Gasteiger partial charge on any atom is -0.377 e. The van der Waals surface area contributed by atoms with E-state index in [1.165, 1.54) is 29.5 Å². The van der Waals surface area contributed by atoms with Crippen LogP contribution in [0.3, 0.4) is 0 Å². The van der Waals surface area contributed by atoms with Crippen molar-refractivity contribution in [3.63, 3.8) is 0 Å². The minimum absolute atomic E-state index is 0.0792. The number of anilines is 1. The minimum atomic E-state index is 0.0792. The molecular formula is C26H31N3. The Morgan fingerprint density at radius 2 is 1.62 bits per heavy atom. The molecule has 2 unspecified atom stereocenters. The lowest BCUT2D eigenvalue weighted by Gasteiger charge is -2.43. The van der Waals surface area contributed by atoms with Crippen molar-refractivity contribution in [3.05, 3.63) is 96.0 Å². The van der Waals surface area contributed by atoms with Crippen molar-refractivity contribution in [1.29, 1.82) is 0 Å². The number of nitrogens with zero attached hydrogens (tertiary/aromatic N) is 2. The Kier molecular flexibility index (Phi) is 4.99. The fourth-order valence-corrected chi connectivity index (χ4v) is 4.30. The first-order chi connectivity index (χ1) is 13.9. The summed E-state index contributed by atoms with van der Waals surface area (Å²) < 4.78 is 0. The molecule has 0 amide bonds. The summed E-state index contributed by atoms with van der Waals surface area (Å²) in [6, 6.07) is 15.8. The predicted molar refractivity (Wildman–Crippen MR) is 124 cm³/mol. The van der Waals surface area contributed by atoms with Crippen molar-refractivity contribution in [3.8, 4) is 0 Å². The SMILES string of the molecule is C=Cc1ccc(C2NC(=C)N(C)C(=C)C2c2ccc(C3CC3)cc2)cc1N(C)C. The smallest absolute Gasteiger partial charge is 0.0983 e. The Morgan fingerprint density at radius 1 is 1.00 bits per heavy atom. The van der Waals surface area contributed by atoms with Gasteiger partial charge in [0.2, 0.25) is 0 Å². The van der Waals surface area contributed by atoms with Crippen molar-refractivity contribution in [2.24, 2.45) is 0 Å². The van der Waals surface area contributed by atoms with Gasteiger partial charge in [-0.1, -0.05) is 62.2 Å². The third kappa shape index (κ3) is 3.57. The summed E-state index contributed by atoms with van der Waals surface area (Å²) in [5.41, 5.74) is 7.34. The van der Waals surface area contributed by atoms with Crippen LogP contribution in [0.5, 0.6) is 0 Å². The molecule has 2 aliphatic rings. The molecule has 2 aromatic rings. The third-order valence-corrected chi connectivity index (χ3v) is 6.31. The van der Waals surface area contributed by atoms with Crippen LogP contribution in [0, 0.1) is 0 Å². The van der Waals surface area contributed by atoms with Gasteiger partial charge in [0, 0.05) is 38.4 Å². The van der Waals surface area contributed by atoms with Crippen LogP contribution in [-0.2, 0) is 0 Å². The lowest BCUT2D eigenvalue weighted by atomic mass is 9.82. The van der Waals surface area contributed by atoms with Gasteiger partial charge in [-0.05, 0) is 47.1 Å². The van der Waals surface area contributed by atoms with E-state index in [2.05, 4.69) is 91.4 Å². The zero-order valence-electron chi connectivity index (χ0n) is 17.8. The van der Waals surface area contributed by atoms with E-state index in [0.29, 0.717) is 0 Å². The summed E-state index contributed by atoms with van der Waals surface area (Å²) in [5, 5.41) is 3.64. The van der Waals surface area contributed by atoms with Crippen molar-refractivity contribution < 1.29 is 0 Å². The van der Waals surface area contributed by atoms with Crippen LogP contribution in [0.25, 0.3) is 6.08 Å². The van der Waals surface area contributed by atoms with Gasteiger partial charge >= 0.3 is 0 Å². The average molecular weight is 386 g/mol. The van der Waals surface area contributed by atoms with Gasteiger partial charge in [0.15, 0.2) is 0 Å². The molecule has 0 spiro atoms. The van der Waals surface area contributed by atoms with Gasteiger partial charge in [-0.3, -0.25) is 0 Å². The number of nitrogens with one attached hydrogen (secondary N) is 1. The van der Waals surface area contributed by atoms with Crippen LogP contribution in [0.2, 0.25) is 0 Å². The molecule has 3 nitrogen and oxygen atoms in total. The second kappa shape index (κ2) is 7.47. The zero-order valence-corrected chi connectivity index (χ0v) is 17.8. The first-order valence-electron chi connectivity index (χ1n) is 10.3.